The second kappa shape index (κ2) is 4.43. The topological polar surface area (TPSA) is 35.2 Å². The Labute approximate surface area is 93.7 Å². The lowest BCUT2D eigenvalue weighted by Gasteiger charge is -2.07. The van der Waals surface area contributed by atoms with Crippen LogP contribution in [0.2, 0.25) is 0 Å². The van der Waals surface area contributed by atoms with Crippen molar-refractivity contribution >= 4 is 38.5 Å². The van der Waals surface area contributed by atoms with Gasteiger partial charge in [-0.25, -0.2) is 0 Å². The van der Waals surface area contributed by atoms with Crippen LogP contribution < -0.4 is 10.5 Å². The normalized spacial score (nSPS) is 10.0. The van der Waals surface area contributed by atoms with E-state index >= 15 is 0 Å². The Balaban J connectivity index is 3.18. The van der Waals surface area contributed by atoms with Crippen LogP contribution >= 0.6 is 38.5 Å². The van der Waals surface area contributed by atoms with E-state index in [2.05, 4.69) is 38.5 Å². The molecule has 0 heterocycles. The molecule has 0 aliphatic carbocycles. The number of ether oxygens (including phenoxy) is 1. The van der Waals surface area contributed by atoms with Gasteiger partial charge in [0.2, 0.25) is 0 Å². The second-order valence-corrected chi connectivity index (χ2v) is 4.29. The first kappa shape index (κ1) is 10.3. The van der Waals surface area contributed by atoms with Crippen molar-refractivity contribution in [2.24, 2.45) is 5.73 Å². The Kier molecular flexibility index (Phi) is 3.79. The minimum absolute atomic E-state index is 0.544. The average molecular weight is 342 g/mol. The van der Waals surface area contributed by atoms with Gasteiger partial charge in [-0.05, 0) is 40.3 Å². The van der Waals surface area contributed by atoms with Gasteiger partial charge in [-0.1, -0.05) is 15.9 Å². The third kappa shape index (κ3) is 2.11. The first-order valence-corrected chi connectivity index (χ1v) is 5.28. The van der Waals surface area contributed by atoms with Gasteiger partial charge in [-0.3, -0.25) is 0 Å². The van der Waals surface area contributed by atoms with Crippen molar-refractivity contribution < 1.29 is 4.74 Å². The summed E-state index contributed by atoms with van der Waals surface area (Å²) >= 11 is 5.68. The minimum Gasteiger partial charge on any atom is -0.497 e. The molecule has 1 aromatic rings. The Morgan fingerprint density at radius 2 is 2.25 bits per heavy atom. The van der Waals surface area contributed by atoms with Crippen molar-refractivity contribution in [3.05, 3.63) is 25.7 Å². The molecule has 0 radical (unpaired) electrons. The third-order valence-electron chi connectivity index (χ3n) is 1.55. The maximum Gasteiger partial charge on any atom is 0.121 e. The van der Waals surface area contributed by atoms with Gasteiger partial charge in [0, 0.05) is 14.6 Å². The summed E-state index contributed by atoms with van der Waals surface area (Å²) in [4.78, 5) is 0. The Morgan fingerprint density at radius 3 is 2.67 bits per heavy atom. The van der Waals surface area contributed by atoms with Gasteiger partial charge >= 0.3 is 0 Å². The van der Waals surface area contributed by atoms with Gasteiger partial charge < -0.3 is 10.5 Å². The van der Waals surface area contributed by atoms with Crippen LogP contribution in [0.15, 0.2) is 16.6 Å². The number of hydrogen-bond donors (Lipinski definition) is 1. The lowest BCUT2D eigenvalue weighted by atomic mass is 10.2. The van der Waals surface area contributed by atoms with Gasteiger partial charge in [0.25, 0.3) is 0 Å². The molecule has 0 unspecified atom stereocenters. The zero-order valence-corrected chi connectivity index (χ0v) is 10.3. The quantitative estimate of drug-likeness (QED) is 0.839. The fourth-order valence-corrected chi connectivity index (χ4v) is 2.68. The zero-order valence-electron chi connectivity index (χ0n) is 6.60. The van der Waals surface area contributed by atoms with E-state index in [1.807, 2.05) is 12.1 Å². The number of methoxy groups -OCH3 is 1. The maximum absolute atomic E-state index is 5.57. The number of nitrogens with two attached hydrogens (primary N) is 1. The van der Waals surface area contributed by atoms with Crippen molar-refractivity contribution in [1.82, 2.24) is 0 Å². The van der Waals surface area contributed by atoms with Gasteiger partial charge in [0.1, 0.15) is 5.75 Å². The smallest absolute Gasteiger partial charge is 0.121 e. The molecular formula is C8H9BrINO. The highest BCUT2D eigenvalue weighted by molar-refractivity contribution is 14.1. The molecule has 0 spiro atoms. The van der Waals surface area contributed by atoms with Crippen LogP contribution in [-0.4, -0.2) is 7.11 Å². The maximum atomic E-state index is 5.57. The van der Waals surface area contributed by atoms with Crippen LogP contribution in [0.4, 0.5) is 0 Å². The molecule has 0 aliphatic rings. The molecule has 12 heavy (non-hydrogen) atoms. The molecule has 0 amide bonds. The van der Waals surface area contributed by atoms with Crippen LogP contribution in [0.3, 0.4) is 0 Å². The summed E-state index contributed by atoms with van der Waals surface area (Å²) in [5.41, 5.74) is 6.69. The summed E-state index contributed by atoms with van der Waals surface area (Å²) in [6.45, 7) is 0.544. The standard InChI is InChI=1S/C8H9BrINO/c1-12-5-2-7(9)6(4-11)8(10)3-5/h2-3H,4,11H2,1H3. The van der Waals surface area contributed by atoms with Crippen molar-refractivity contribution in [1.29, 1.82) is 0 Å². The predicted octanol–water partition coefficient (Wildman–Crippen LogP) is 2.52. The molecule has 0 fully saturated rings. The fraction of sp³-hybridized carbons (Fsp3) is 0.250. The van der Waals surface area contributed by atoms with E-state index in [1.165, 1.54) is 0 Å². The molecule has 2 nitrogen and oxygen atoms in total. The summed E-state index contributed by atoms with van der Waals surface area (Å²) in [6.07, 6.45) is 0. The van der Waals surface area contributed by atoms with Crippen molar-refractivity contribution in [2.45, 2.75) is 6.54 Å². The van der Waals surface area contributed by atoms with E-state index in [0.29, 0.717) is 6.54 Å². The van der Waals surface area contributed by atoms with E-state index in [0.717, 1.165) is 19.4 Å². The van der Waals surface area contributed by atoms with Crippen molar-refractivity contribution in [2.75, 3.05) is 7.11 Å². The summed E-state index contributed by atoms with van der Waals surface area (Å²) in [7, 11) is 1.65. The van der Waals surface area contributed by atoms with Crippen molar-refractivity contribution in [3.8, 4) is 5.75 Å². The summed E-state index contributed by atoms with van der Waals surface area (Å²) < 4.78 is 7.23. The Hall–Kier alpha value is 0.190. The Morgan fingerprint density at radius 1 is 1.58 bits per heavy atom. The van der Waals surface area contributed by atoms with Gasteiger partial charge in [0.05, 0.1) is 7.11 Å². The highest BCUT2D eigenvalue weighted by Crippen LogP contribution is 2.27. The van der Waals surface area contributed by atoms with E-state index in [1.54, 1.807) is 7.11 Å². The minimum atomic E-state index is 0.544. The number of rotatable bonds is 2. The molecule has 0 atom stereocenters. The molecule has 1 aromatic carbocycles. The molecule has 2 N–H and O–H groups in total. The highest BCUT2D eigenvalue weighted by Gasteiger charge is 2.05. The lowest BCUT2D eigenvalue weighted by molar-refractivity contribution is 0.414. The van der Waals surface area contributed by atoms with E-state index in [4.69, 9.17) is 10.5 Å². The fourth-order valence-electron chi connectivity index (χ4n) is 0.893. The summed E-state index contributed by atoms with van der Waals surface area (Å²) in [6, 6.07) is 3.89. The van der Waals surface area contributed by atoms with Crippen LogP contribution in [0.25, 0.3) is 0 Å². The van der Waals surface area contributed by atoms with Gasteiger partial charge in [-0.15, -0.1) is 0 Å². The van der Waals surface area contributed by atoms with Crippen LogP contribution in [0.1, 0.15) is 5.56 Å². The van der Waals surface area contributed by atoms with Crippen LogP contribution in [0.5, 0.6) is 5.75 Å². The largest absolute Gasteiger partial charge is 0.497 e. The molecular weight excluding hydrogens is 333 g/mol. The number of hydrogen-bond acceptors (Lipinski definition) is 2. The first-order chi connectivity index (χ1) is 5.69. The molecule has 0 aromatic heterocycles. The molecule has 4 heteroatoms. The molecule has 0 saturated carbocycles. The highest BCUT2D eigenvalue weighted by atomic mass is 127. The monoisotopic (exact) mass is 341 g/mol. The molecule has 1 rings (SSSR count). The van der Waals surface area contributed by atoms with E-state index in [-0.39, 0.29) is 0 Å². The summed E-state index contributed by atoms with van der Waals surface area (Å²) in [5.74, 6) is 0.850. The van der Waals surface area contributed by atoms with Gasteiger partial charge in [-0.2, -0.15) is 0 Å². The zero-order chi connectivity index (χ0) is 9.14. The number of halogens is 2. The summed E-state index contributed by atoms with van der Waals surface area (Å²) in [5, 5.41) is 0. The first-order valence-electron chi connectivity index (χ1n) is 3.41. The predicted molar refractivity (Wildman–Crippen MR) is 61.3 cm³/mol. The SMILES string of the molecule is COc1cc(Br)c(CN)c(I)c1. The van der Waals surface area contributed by atoms with E-state index in [9.17, 15) is 0 Å². The Bertz CT molecular complexity index is 267. The second-order valence-electron chi connectivity index (χ2n) is 2.27. The third-order valence-corrected chi connectivity index (χ3v) is 3.22. The van der Waals surface area contributed by atoms with Crippen LogP contribution in [-0.2, 0) is 6.54 Å². The van der Waals surface area contributed by atoms with Crippen LogP contribution in [0, 0.1) is 3.57 Å². The molecule has 0 saturated heterocycles. The molecule has 0 bridgehead atoms. The number of benzene rings is 1. The molecule has 0 aliphatic heterocycles. The average Bonchev–Trinajstić information content (AvgIpc) is 2.03. The lowest BCUT2D eigenvalue weighted by Crippen LogP contribution is -2.00. The molecule has 66 valence electrons. The van der Waals surface area contributed by atoms with Crippen molar-refractivity contribution in [3.63, 3.8) is 0 Å². The van der Waals surface area contributed by atoms with E-state index < -0.39 is 0 Å². The van der Waals surface area contributed by atoms with Gasteiger partial charge in [0.15, 0.2) is 0 Å².